The molecule has 0 unspecified atom stereocenters. The minimum absolute atomic E-state index is 0.750. The van der Waals surface area contributed by atoms with Gasteiger partial charge in [0.1, 0.15) is 5.75 Å². The highest BCUT2D eigenvalue weighted by Crippen LogP contribution is 2.33. The van der Waals surface area contributed by atoms with Crippen molar-refractivity contribution in [1.82, 2.24) is 0 Å². The van der Waals surface area contributed by atoms with Crippen molar-refractivity contribution in [3.8, 4) is 5.75 Å². The van der Waals surface area contributed by atoms with Crippen molar-refractivity contribution in [3.63, 3.8) is 0 Å². The highest BCUT2D eigenvalue weighted by atomic mass is 16.5. The largest absolute Gasteiger partial charge is 0.494 e. The summed E-state index contributed by atoms with van der Waals surface area (Å²) in [5.74, 6) is 2.98. The van der Waals surface area contributed by atoms with Gasteiger partial charge < -0.3 is 4.74 Å². The molecule has 106 valence electrons. The molecule has 0 aliphatic heterocycles. The number of ether oxygens (including phenoxy) is 1. The molecule has 1 heteroatoms. The Balaban J connectivity index is 1.73. The lowest BCUT2D eigenvalue weighted by Crippen LogP contribution is -2.14. The molecule has 1 aromatic carbocycles. The van der Waals surface area contributed by atoms with Crippen LogP contribution in [0.5, 0.6) is 5.75 Å². The Labute approximate surface area is 118 Å². The van der Waals surface area contributed by atoms with Crippen LogP contribution in [0.4, 0.5) is 0 Å². The minimum atomic E-state index is 0.750. The molecule has 1 nitrogen and oxygen atoms in total. The highest BCUT2D eigenvalue weighted by molar-refractivity contribution is 5.27. The van der Waals surface area contributed by atoms with E-state index in [4.69, 9.17) is 4.74 Å². The quantitative estimate of drug-likeness (QED) is 0.680. The molecular formula is C18H28O. The highest BCUT2D eigenvalue weighted by Gasteiger charge is 2.19. The van der Waals surface area contributed by atoms with Gasteiger partial charge in [-0.3, -0.25) is 0 Å². The Bertz CT molecular complexity index is 346. The number of rotatable bonds is 6. The molecule has 0 aromatic heterocycles. The second kappa shape index (κ2) is 7.57. The molecule has 0 N–H and O–H groups in total. The van der Waals surface area contributed by atoms with Crippen molar-refractivity contribution < 1.29 is 4.74 Å². The summed E-state index contributed by atoms with van der Waals surface area (Å²) >= 11 is 0. The topological polar surface area (TPSA) is 9.23 Å². The maximum Gasteiger partial charge on any atom is 0.119 e. The van der Waals surface area contributed by atoms with E-state index in [0.29, 0.717) is 0 Å². The van der Waals surface area contributed by atoms with Crippen LogP contribution in [0.25, 0.3) is 0 Å². The van der Waals surface area contributed by atoms with Gasteiger partial charge in [-0.05, 0) is 49.3 Å². The van der Waals surface area contributed by atoms with E-state index in [9.17, 15) is 0 Å². The zero-order valence-electron chi connectivity index (χ0n) is 12.5. The Morgan fingerprint density at radius 3 is 2.16 bits per heavy atom. The second-order valence-corrected chi connectivity index (χ2v) is 5.91. The number of hydrogen-bond donors (Lipinski definition) is 0. The molecule has 1 aliphatic rings. The van der Waals surface area contributed by atoms with Gasteiger partial charge in [-0.15, -0.1) is 0 Å². The lowest BCUT2D eigenvalue weighted by molar-refractivity contribution is 0.259. The molecule has 0 heterocycles. The van der Waals surface area contributed by atoms with E-state index in [2.05, 4.69) is 31.2 Å². The van der Waals surface area contributed by atoms with Crippen molar-refractivity contribution in [2.24, 2.45) is 11.8 Å². The van der Waals surface area contributed by atoms with E-state index in [0.717, 1.165) is 24.2 Å². The van der Waals surface area contributed by atoms with Crippen LogP contribution in [-0.4, -0.2) is 6.61 Å². The van der Waals surface area contributed by atoms with Crippen molar-refractivity contribution in [3.05, 3.63) is 29.8 Å². The van der Waals surface area contributed by atoms with E-state index in [1.807, 2.05) is 6.92 Å². The van der Waals surface area contributed by atoms with E-state index >= 15 is 0 Å². The summed E-state index contributed by atoms with van der Waals surface area (Å²) in [5, 5.41) is 0. The Kier molecular flexibility index (Phi) is 5.75. The van der Waals surface area contributed by atoms with Crippen LogP contribution >= 0.6 is 0 Å². The number of benzene rings is 1. The fourth-order valence-corrected chi connectivity index (χ4v) is 3.22. The summed E-state index contributed by atoms with van der Waals surface area (Å²) in [4.78, 5) is 0. The summed E-state index contributed by atoms with van der Waals surface area (Å²) in [6.45, 7) is 5.12. The Morgan fingerprint density at radius 2 is 1.58 bits per heavy atom. The number of aryl methyl sites for hydroxylation is 1. The molecule has 0 saturated heterocycles. The molecule has 0 radical (unpaired) electrons. The molecule has 1 aromatic rings. The maximum absolute atomic E-state index is 5.48. The van der Waals surface area contributed by atoms with E-state index in [1.165, 1.54) is 50.5 Å². The van der Waals surface area contributed by atoms with Gasteiger partial charge in [-0.2, -0.15) is 0 Å². The third-order valence-corrected chi connectivity index (χ3v) is 4.62. The van der Waals surface area contributed by atoms with Crippen LogP contribution in [0.1, 0.15) is 57.9 Å². The molecule has 1 fully saturated rings. The first-order chi connectivity index (χ1) is 9.31. The van der Waals surface area contributed by atoms with Crippen molar-refractivity contribution in [2.75, 3.05) is 6.61 Å². The van der Waals surface area contributed by atoms with Crippen LogP contribution < -0.4 is 4.74 Å². The smallest absolute Gasteiger partial charge is 0.119 e. The zero-order chi connectivity index (χ0) is 13.5. The first-order valence-electron chi connectivity index (χ1n) is 8.03. The summed E-state index contributed by atoms with van der Waals surface area (Å²) in [5.41, 5.74) is 1.46. The van der Waals surface area contributed by atoms with Crippen LogP contribution in [0.2, 0.25) is 0 Å². The molecule has 1 aliphatic carbocycles. The molecule has 0 atom stereocenters. The molecule has 1 saturated carbocycles. The molecule has 0 bridgehead atoms. The van der Waals surface area contributed by atoms with Gasteiger partial charge in [0.2, 0.25) is 0 Å². The molecule has 2 rings (SSSR count). The van der Waals surface area contributed by atoms with E-state index in [1.54, 1.807) is 0 Å². The predicted octanol–water partition coefficient (Wildman–Crippen LogP) is 5.23. The normalized spacial score (nSPS) is 23.3. The number of hydrogen-bond acceptors (Lipinski definition) is 1. The standard InChI is InChI=1S/C18H28O/c1-3-15-5-7-16(8-6-15)9-10-17-11-13-18(14-12-17)19-4-2/h11-16H,3-10H2,1-2H3/t15-,16-. The summed E-state index contributed by atoms with van der Waals surface area (Å²) < 4.78 is 5.48. The van der Waals surface area contributed by atoms with Crippen molar-refractivity contribution in [2.45, 2.75) is 58.8 Å². The van der Waals surface area contributed by atoms with Gasteiger partial charge >= 0.3 is 0 Å². The van der Waals surface area contributed by atoms with Crippen molar-refractivity contribution in [1.29, 1.82) is 0 Å². The van der Waals surface area contributed by atoms with Gasteiger partial charge in [-0.25, -0.2) is 0 Å². The molecular weight excluding hydrogens is 232 g/mol. The monoisotopic (exact) mass is 260 g/mol. The van der Waals surface area contributed by atoms with E-state index < -0.39 is 0 Å². The SMILES string of the molecule is CCOc1ccc(CC[C@H]2CC[C@H](CC)CC2)cc1. The van der Waals surface area contributed by atoms with Crippen LogP contribution in [0, 0.1) is 11.8 Å². The van der Waals surface area contributed by atoms with Gasteiger partial charge in [0.15, 0.2) is 0 Å². The van der Waals surface area contributed by atoms with Crippen LogP contribution in [0.3, 0.4) is 0 Å². The lowest BCUT2D eigenvalue weighted by Gasteiger charge is -2.27. The first-order valence-corrected chi connectivity index (χ1v) is 8.03. The molecule has 19 heavy (non-hydrogen) atoms. The zero-order valence-corrected chi connectivity index (χ0v) is 12.5. The summed E-state index contributed by atoms with van der Waals surface area (Å²) in [6, 6.07) is 8.66. The fourth-order valence-electron chi connectivity index (χ4n) is 3.22. The first kappa shape index (κ1) is 14.4. The maximum atomic E-state index is 5.48. The van der Waals surface area contributed by atoms with Gasteiger partial charge in [0, 0.05) is 0 Å². The molecule has 0 spiro atoms. The van der Waals surface area contributed by atoms with Gasteiger partial charge in [0.05, 0.1) is 6.61 Å². The van der Waals surface area contributed by atoms with Crippen LogP contribution in [0.15, 0.2) is 24.3 Å². The van der Waals surface area contributed by atoms with Crippen LogP contribution in [-0.2, 0) is 6.42 Å². The second-order valence-electron chi connectivity index (χ2n) is 5.91. The van der Waals surface area contributed by atoms with E-state index in [-0.39, 0.29) is 0 Å². The minimum Gasteiger partial charge on any atom is -0.494 e. The molecule has 0 amide bonds. The third-order valence-electron chi connectivity index (χ3n) is 4.62. The van der Waals surface area contributed by atoms with Crippen molar-refractivity contribution >= 4 is 0 Å². The average molecular weight is 260 g/mol. The Hall–Kier alpha value is -0.980. The summed E-state index contributed by atoms with van der Waals surface area (Å²) in [7, 11) is 0. The lowest BCUT2D eigenvalue weighted by atomic mass is 9.78. The fraction of sp³-hybridized carbons (Fsp3) is 0.667. The van der Waals surface area contributed by atoms with Gasteiger partial charge in [0.25, 0.3) is 0 Å². The average Bonchev–Trinajstić information content (AvgIpc) is 2.47. The Morgan fingerprint density at radius 1 is 0.947 bits per heavy atom. The predicted molar refractivity (Wildman–Crippen MR) is 81.7 cm³/mol. The van der Waals surface area contributed by atoms with Gasteiger partial charge in [-0.1, -0.05) is 51.2 Å². The summed E-state index contributed by atoms with van der Waals surface area (Å²) in [6.07, 6.45) is 9.81. The third kappa shape index (κ3) is 4.56.